The van der Waals surface area contributed by atoms with Crippen LogP contribution >= 0.6 is 27.7 Å². The zero-order chi connectivity index (χ0) is 11.8. The van der Waals surface area contributed by atoms with Gasteiger partial charge in [0.1, 0.15) is 0 Å². The van der Waals surface area contributed by atoms with Gasteiger partial charge in [0, 0.05) is 35.1 Å². The summed E-state index contributed by atoms with van der Waals surface area (Å²) in [6, 6.07) is 6.18. The van der Waals surface area contributed by atoms with Crippen molar-refractivity contribution in [1.82, 2.24) is 0 Å². The summed E-state index contributed by atoms with van der Waals surface area (Å²) in [5.74, 6) is 2.31. The van der Waals surface area contributed by atoms with Crippen LogP contribution in [-0.4, -0.2) is 25.2 Å². The Balaban J connectivity index is 2.59. The largest absolute Gasteiger partial charge is 0.384 e. The van der Waals surface area contributed by atoms with Crippen LogP contribution in [0.15, 0.2) is 22.7 Å². The lowest BCUT2D eigenvalue weighted by atomic mass is 10.2. The summed E-state index contributed by atoms with van der Waals surface area (Å²) < 4.78 is 6.30. The number of anilines is 1. The number of hydrogen-bond donors (Lipinski definition) is 1. The molecule has 0 unspecified atom stereocenters. The lowest BCUT2D eigenvalue weighted by Crippen LogP contribution is -2.07. The highest BCUT2D eigenvalue weighted by Crippen LogP contribution is 2.25. The quantitative estimate of drug-likeness (QED) is 0.775. The molecule has 90 valence electrons. The number of hydrogen-bond acceptors (Lipinski definition) is 3. The molecule has 0 aliphatic rings. The maximum absolute atomic E-state index is 5.20. The predicted octanol–water partition coefficient (Wildman–Crippen LogP) is 3.76. The Morgan fingerprint density at radius 3 is 2.94 bits per heavy atom. The van der Waals surface area contributed by atoms with Gasteiger partial charge in [0.25, 0.3) is 0 Å². The molecule has 0 aliphatic carbocycles. The number of methoxy groups -OCH3 is 1. The van der Waals surface area contributed by atoms with Crippen LogP contribution in [0.25, 0.3) is 0 Å². The Labute approximate surface area is 110 Å². The molecule has 2 nitrogen and oxygen atoms in total. The third kappa shape index (κ3) is 4.36. The Morgan fingerprint density at radius 2 is 2.25 bits per heavy atom. The van der Waals surface area contributed by atoms with E-state index in [1.54, 1.807) is 7.11 Å². The Hall–Kier alpha value is -0.190. The fourth-order valence-electron chi connectivity index (χ4n) is 1.42. The third-order valence-electron chi connectivity index (χ3n) is 2.17. The van der Waals surface area contributed by atoms with Crippen molar-refractivity contribution in [1.29, 1.82) is 0 Å². The van der Waals surface area contributed by atoms with E-state index in [-0.39, 0.29) is 0 Å². The molecule has 4 heteroatoms. The molecule has 0 fully saturated rings. The van der Waals surface area contributed by atoms with Gasteiger partial charge in [-0.25, -0.2) is 0 Å². The lowest BCUT2D eigenvalue weighted by molar-refractivity contribution is 0.185. The molecule has 0 aromatic heterocycles. The summed E-state index contributed by atoms with van der Waals surface area (Å²) in [5.41, 5.74) is 2.35. The number of benzene rings is 1. The number of rotatable bonds is 7. The van der Waals surface area contributed by atoms with E-state index in [4.69, 9.17) is 4.74 Å². The van der Waals surface area contributed by atoms with Gasteiger partial charge in [-0.15, -0.1) is 0 Å². The SMILES string of the molecule is CCSCCNc1cccc(Br)c1COC. The Morgan fingerprint density at radius 1 is 1.44 bits per heavy atom. The van der Waals surface area contributed by atoms with Crippen LogP contribution in [0, 0.1) is 0 Å². The van der Waals surface area contributed by atoms with E-state index in [0.717, 1.165) is 22.5 Å². The van der Waals surface area contributed by atoms with E-state index in [1.165, 1.54) is 11.3 Å². The van der Waals surface area contributed by atoms with Gasteiger partial charge in [0.2, 0.25) is 0 Å². The molecule has 1 aromatic carbocycles. The van der Waals surface area contributed by atoms with Crippen molar-refractivity contribution in [3.63, 3.8) is 0 Å². The van der Waals surface area contributed by atoms with Gasteiger partial charge in [0.15, 0.2) is 0 Å². The highest BCUT2D eigenvalue weighted by molar-refractivity contribution is 9.10. The Kier molecular flexibility index (Phi) is 6.92. The molecule has 1 rings (SSSR count). The molecule has 0 saturated heterocycles. The van der Waals surface area contributed by atoms with E-state index in [1.807, 2.05) is 23.9 Å². The summed E-state index contributed by atoms with van der Waals surface area (Å²) in [7, 11) is 1.72. The molecule has 0 amide bonds. The summed E-state index contributed by atoms with van der Waals surface area (Å²) in [6.07, 6.45) is 0. The van der Waals surface area contributed by atoms with Crippen molar-refractivity contribution in [2.75, 3.05) is 30.5 Å². The van der Waals surface area contributed by atoms with Gasteiger partial charge in [-0.05, 0) is 17.9 Å². The van der Waals surface area contributed by atoms with Gasteiger partial charge >= 0.3 is 0 Å². The molecule has 1 N–H and O–H groups in total. The second-order valence-corrected chi connectivity index (χ2v) is 5.57. The van der Waals surface area contributed by atoms with Crippen molar-refractivity contribution in [2.24, 2.45) is 0 Å². The molecule has 0 atom stereocenters. The minimum atomic E-state index is 0.630. The van der Waals surface area contributed by atoms with E-state index in [2.05, 4.69) is 34.2 Å². The number of thioether (sulfide) groups is 1. The van der Waals surface area contributed by atoms with Crippen LogP contribution in [-0.2, 0) is 11.3 Å². The fraction of sp³-hybridized carbons (Fsp3) is 0.500. The van der Waals surface area contributed by atoms with E-state index < -0.39 is 0 Å². The monoisotopic (exact) mass is 303 g/mol. The number of nitrogens with one attached hydrogen (secondary N) is 1. The van der Waals surface area contributed by atoms with Gasteiger partial charge < -0.3 is 10.1 Å². The zero-order valence-corrected chi connectivity index (χ0v) is 12.2. The first-order valence-corrected chi connectivity index (χ1v) is 7.32. The van der Waals surface area contributed by atoms with Crippen molar-refractivity contribution in [2.45, 2.75) is 13.5 Å². The van der Waals surface area contributed by atoms with Crippen molar-refractivity contribution < 1.29 is 4.74 Å². The average molecular weight is 304 g/mol. The Bertz CT molecular complexity index is 320. The molecular weight excluding hydrogens is 286 g/mol. The topological polar surface area (TPSA) is 21.3 Å². The minimum Gasteiger partial charge on any atom is -0.384 e. The smallest absolute Gasteiger partial charge is 0.0744 e. The lowest BCUT2D eigenvalue weighted by Gasteiger charge is -2.12. The zero-order valence-electron chi connectivity index (χ0n) is 9.75. The van der Waals surface area contributed by atoms with Gasteiger partial charge in [0.05, 0.1) is 6.61 Å². The van der Waals surface area contributed by atoms with Crippen molar-refractivity contribution in [3.8, 4) is 0 Å². The summed E-state index contributed by atoms with van der Waals surface area (Å²) >= 11 is 5.49. The van der Waals surface area contributed by atoms with Crippen molar-refractivity contribution >= 4 is 33.4 Å². The van der Waals surface area contributed by atoms with E-state index in [0.29, 0.717) is 6.61 Å². The fourth-order valence-corrected chi connectivity index (χ4v) is 2.43. The van der Waals surface area contributed by atoms with Gasteiger partial charge in [-0.3, -0.25) is 0 Å². The highest BCUT2D eigenvalue weighted by atomic mass is 79.9. The summed E-state index contributed by atoms with van der Waals surface area (Å²) in [6.45, 7) is 3.80. The maximum Gasteiger partial charge on any atom is 0.0744 e. The summed E-state index contributed by atoms with van der Waals surface area (Å²) in [5, 5.41) is 3.44. The van der Waals surface area contributed by atoms with Crippen LogP contribution in [0.2, 0.25) is 0 Å². The molecule has 0 bridgehead atoms. The highest BCUT2D eigenvalue weighted by Gasteiger charge is 2.05. The van der Waals surface area contributed by atoms with Gasteiger partial charge in [-0.2, -0.15) is 11.8 Å². The summed E-state index contributed by atoms with van der Waals surface area (Å²) in [4.78, 5) is 0. The van der Waals surface area contributed by atoms with Crippen LogP contribution < -0.4 is 5.32 Å². The predicted molar refractivity (Wildman–Crippen MR) is 76.3 cm³/mol. The van der Waals surface area contributed by atoms with Crippen LogP contribution in [0.5, 0.6) is 0 Å². The van der Waals surface area contributed by atoms with Crippen LogP contribution in [0.4, 0.5) is 5.69 Å². The molecule has 0 spiro atoms. The average Bonchev–Trinajstić information content (AvgIpc) is 2.29. The molecule has 0 heterocycles. The van der Waals surface area contributed by atoms with Crippen LogP contribution in [0.3, 0.4) is 0 Å². The second kappa shape index (κ2) is 7.98. The molecule has 0 radical (unpaired) electrons. The van der Waals surface area contributed by atoms with Crippen molar-refractivity contribution in [3.05, 3.63) is 28.2 Å². The first kappa shape index (κ1) is 13.9. The van der Waals surface area contributed by atoms with Crippen LogP contribution in [0.1, 0.15) is 12.5 Å². The first-order chi connectivity index (χ1) is 7.79. The molecule has 16 heavy (non-hydrogen) atoms. The normalized spacial score (nSPS) is 10.4. The van der Waals surface area contributed by atoms with Gasteiger partial charge in [-0.1, -0.05) is 28.9 Å². The molecule has 1 aromatic rings. The molecule has 0 aliphatic heterocycles. The second-order valence-electron chi connectivity index (χ2n) is 3.32. The number of ether oxygens (including phenoxy) is 1. The minimum absolute atomic E-state index is 0.630. The van der Waals surface area contributed by atoms with E-state index >= 15 is 0 Å². The maximum atomic E-state index is 5.20. The number of halogens is 1. The molecular formula is C12H18BrNOS. The molecule has 0 saturated carbocycles. The first-order valence-electron chi connectivity index (χ1n) is 5.37. The third-order valence-corrected chi connectivity index (χ3v) is 3.82. The standard InChI is InChI=1S/C12H18BrNOS/c1-3-16-8-7-14-12-6-4-5-11(13)10(12)9-15-2/h4-6,14H,3,7-9H2,1-2H3. The van der Waals surface area contributed by atoms with E-state index in [9.17, 15) is 0 Å².